The van der Waals surface area contributed by atoms with Gasteiger partial charge in [-0.2, -0.15) is 17.4 Å². The molecule has 7 heteroatoms. The maximum atomic E-state index is 11.9. The van der Waals surface area contributed by atoms with Gasteiger partial charge in [-0.3, -0.25) is 4.79 Å². The minimum Gasteiger partial charge on any atom is -0.480 e. The van der Waals surface area contributed by atoms with Crippen LogP contribution in [-0.2, 0) is 15.0 Å². The molecule has 1 atom stereocenters. The minimum atomic E-state index is -3.70. The molecule has 0 spiro atoms. The lowest BCUT2D eigenvalue weighted by Gasteiger charge is -2.22. The third-order valence-electron chi connectivity index (χ3n) is 2.92. The number of nitrogens with zero attached hydrogens (tertiary/aromatic N) is 1. The fourth-order valence-corrected chi connectivity index (χ4v) is 2.85. The highest BCUT2D eigenvalue weighted by Crippen LogP contribution is 2.29. The molecule has 0 heterocycles. The van der Waals surface area contributed by atoms with E-state index in [1.807, 2.05) is 13.8 Å². The Kier molecular flexibility index (Phi) is 5.12. The van der Waals surface area contributed by atoms with Gasteiger partial charge in [-0.05, 0) is 31.1 Å². The molecule has 6 nitrogen and oxygen atoms in total. The van der Waals surface area contributed by atoms with E-state index in [1.165, 1.54) is 11.4 Å². The highest BCUT2D eigenvalue weighted by Gasteiger charge is 2.31. The summed E-state index contributed by atoms with van der Waals surface area (Å²) < 4.78 is 27.3. The molecule has 1 fully saturated rings. The summed E-state index contributed by atoms with van der Waals surface area (Å²) in [5.74, 6) is -0.588. The van der Waals surface area contributed by atoms with Crippen LogP contribution in [0.2, 0.25) is 0 Å². The topological polar surface area (TPSA) is 86.7 Å². The van der Waals surface area contributed by atoms with Crippen molar-refractivity contribution in [3.8, 4) is 0 Å². The second-order valence-corrected chi connectivity index (χ2v) is 7.18. The third kappa shape index (κ3) is 4.91. The Hall–Kier alpha value is -0.660. The van der Waals surface area contributed by atoms with Crippen molar-refractivity contribution in [1.29, 1.82) is 0 Å². The van der Waals surface area contributed by atoms with Crippen molar-refractivity contribution in [3.63, 3.8) is 0 Å². The molecule has 0 unspecified atom stereocenters. The van der Waals surface area contributed by atoms with Gasteiger partial charge in [-0.1, -0.05) is 13.8 Å². The highest BCUT2D eigenvalue weighted by atomic mass is 32.2. The van der Waals surface area contributed by atoms with Crippen LogP contribution in [0.4, 0.5) is 0 Å². The second kappa shape index (κ2) is 5.99. The van der Waals surface area contributed by atoms with E-state index in [0.29, 0.717) is 12.5 Å². The molecule has 0 aromatic rings. The summed E-state index contributed by atoms with van der Waals surface area (Å²) >= 11 is 0. The molecule has 1 rings (SSSR count). The smallest absolute Gasteiger partial charge is 0.321 e. The normalized spacial score (nSPS) is 18.3. The van der Waals surface area contributed by atoms with E-state index in [9.17, 15) is 13.2 Å². The lowest BCUT2D eigenvalue weighted by molar-refractivity contribution is -0.139. The van der Waals surface area contributed by atoms with Crippen LogP contribution in [-0.4, -0.2) is 43.4 Å². The van der Waals surface area contributed by atoms with Crippen molar-refractivity contribution >= 4 is 16.2 Å². The summed E-state index contributed by atoms with van der Waals surface area (Å²) in [6, 6.07) is -1.06. The SMILES string of the molecule is CC(C)C[C@@H](NS(=O)(=O)N(C)CC1CC1)C(=O)O. The van der Waals surface area contributed by atoms with Gasteiger partial charge in [0.05, 0.1) is 0 Å². The molecule has 1 aliphatic carbocycles. The minimum absolute atomic E-state index is 0.113. The molecule has 2 N–H and O–H groups in total. The van der Waals surface area contributed by atoms with Crippen molar-refractivity contribution in [1.82, 2.24) is 9.03 Å². The zero-order chi connectivity index (χ0) is 13.9. The summed E-state index contributed by atoms with van der Waals surface area (Å²) in [7, 11) is -2.22. The standard InChI is InChI=1S/C11H22N2O4S/c1-8(2)6-10(11(14)15)12-18(16,17)13(3)7-9-4-5-9/h8-10,12H,4-7H2,1-3H3,(H,14,15)/t10-/m1/s1. The highest BCUT2D eigenvalue weighted by molar-refractivity contribution is 7.87. The maximum Gasteiger partial charge on any atom is 0.321 e. The van der Waals surface area contributed by atoms with E-state index in [4.69, 9.17) is 5.11 Å². The summed E-state index contributed by atoms with van der Waals surface area (Å²) in [6.45, 7) is 4.18. The zero-order valence-corrected chi connectivity index (χ0v) is 11.9. The van der Waals surface area contributed by atoms with E-state index in [2.05, 4.69) is 4.72 Å². The number of carboxylic acid groups (broad SMARTS) is 1. The fraction of sp³-hybridized carbons (Fsp3) is 0.909. The van der Waals surface area contributed by atoms with Crippen LogP contribution in [0, 0.1) is 11.8 Å². The van der Waals surface area contributed by atoms with Crippen LogP contribution in [0.1, 0.15) is 33.1 Å². The third-order valence-corrected chi connectivity index (χ3v) is 4.47. The van der Waals surface area contributed by atoms with Gasteiger partial charge in [0.25, 0.3) is 10.2 Å². The Morgan fingerprint density at radius 2 is 2.00 bits per heavy atom. The summed E-state index contributed by atoms with van der Waals surface area (Å²) in [4.78, 5) is 11.0. The van der Waals surface area contributed by atoms with Gasteiger partial charge >= 0.3 is 5.97 Å². The van der Waals surface area contributed by atoms with Gasteiger partial charge in [0, 0.05) is 13.6 Å². The molecule has 0 amide bonds. The van der Waals surface area contributed by atoms with E-state index in [1.54, 1.807) is 0 Å². The van der Waals surface area contributed by atoms with Crippen LogP contribution < -0.4 is 4.72 Å². The number of hydrogen-bond donors (Lipinski definition) is 2. The van der Waals surface area contributed by atoms with Crippen molar-refractivity contribution in [3.05, 3.63) is 0 Å². The first-order chi connectivity index (χ1) is 8.22. The van der Waals surface area contributed by atoms with Gasteiger partial charge in [-0.25, -0.2) is 0 Å². The van der Waals surface area contributed by atoms with E-state index < -0.39 is 22.2 Å². The molecule has 18 heavy (non-hydrogen) atoms. The number of aliphatic carboxylic acids is 1. The molecule has 0 aromatic heterocycles. The van der Waals surface area contributed by atoms with Crippen LogP contribution in [0.3, 0.4) is 0 Å². The first kappa shape index (κ1) is 15.4. The Morgan fingerprint density at radius 1 is 1.44 bits per heavy atom. The lowest BCUT2D eigenvalue weighted by atomic mass is 10.1. The van der Waals surface area contributed by atoms with Gasteiger partial charge in [0.2, 0.25) is 0 Å². The van der Waals surface area contributed by atoms with E-state index in [-0.39, 0.29) is 12.3 Å². The Bertz CT molecular complexity index is 390. The van der Waals surface area contributed by atoms with Gasteiger partial charge in [-0.15, -0.1) is 0 Å². The van der Waals surface area contributed by atoms with Gasteiger partial charge in [0.15, 0.2) is 0 Å². The molecule has 0 aromatic carbocycles. The Labute approximate surface area is 109 Å². The van der Waals surface area contributed by atoms with E-state index in [0.717, 1.165) is 12.8 Å². The molecular weight excluding hydrogens is 256 g/mol. The first-order valence-electron chi connectivity index (χ1n) is 6.18. The molecular formula is C11H22N2O4S. The fourth-order valence-electron chi connectivity index (χ4n) is 1.70. The first-order valence-corrected chi connectivity index (χ1v) is 7.62. The number of carboxylic acids is 1. The zero-order valence-electron chi connectivity index (χ0n) is 11.1. The average molecular weight is 278 g/mol. The maximum absolute atomic E-state index is 11.9. The van der Waals surface area contributed by atoms with Gasteiger partial charge in [0.1, 0.15) is 6.04 Å². The van der Waals surface area contributed by atoms with Crippen LogP contribution >= 0.6 is 0 Å². The van der Waals surface area contributed by atoms with Crippen molar-refractivity contribution in [2.24, 2.45) is 11.8 Å². The number of rotatable bonds is 8. The Balaban J connectivity index is 2.62. The van der Waals surface area contributed by atoms with Crippen LogP contribution in [0.5, 0.6) is 0 Å². The van der Waals surface area contributed by atoms with Crippen molar-refractivity contribution in [2.45, 2.75) is 39.2 Å². The predicted molar refractivity (Wildman–Crippen MR) is 68.3 cm³/mol. The molecule has 0 saturated heterocycles. The van der Waals surface area contributed by atoms with Gasteiger partial charge < -0.3 is 5.11 Å². The number of nitrogens with one attached hydrogen (secondary N) is 1. The Morgan fingerprint density at radius 3 is 2.39 bits per heavy atom. The quantitative estimate of drug-likeness (QED) is 0.683. The summed E-state index contributed by atoms with van der Waals surface area (Å²) in [5.41, 5.74) is 0. The predicted octanol–water partition coefficient (Wildman–Crippen LogP) is 0.662. The summed E-state index contributed by atoms with van der Waals surface area (Å²) in [6.07, 6.45) is 2.38. The molecule has 1 saturated carbocycles. The largest absolute Gasteiger partial charge is 0.480 e. The molecule has 106 valence electrons. The summed E-state index contributed by atoms with van der Waals surface area (Å²) in [5, 5.41) is 9.02. The van der Waals surface area contributed by atoms with Crippen molar-refractivity contribution in [2.75, 3.05) is 13.6 Å². The van der Waals surface area contributed by atoms with Crippen LogP contribution in [0.15, 0.2) is 0 Å². The number of carbonyl (C=O) groups is 1. The van der Waals surface area contributed by atoms with E-state index >= 15 is 0 Å². The number of hydrogen-bond acceptors (Lipinski definition) is 3. The average Bonchev–Trinajstić information content (AvgIpc) is 2.99. The molecule has 0 radical (unpaired) electrons. The second-order valence-electron chi connectivity index (χ2n) is 5.37. The monoisotopic (exact) mass is 278 g/mol. The lowest BCUT2D eigenvalue weighted by Crippen LogP contribution is -2.48. The van der Waals surface area contributed by atoms with Crippen LogP contribution in [0.25, 0.3) is 0 Å². The molecule has 0 bridgehead atoms. The molecule has 0 aliphatic heterocycles. The van der Waals surface area contributed by atoms with Crippen molar-refractivity contribution < 1.29 is 18.3 Å². The molecule has 1 aliphatic rings.